The van der Waals surface area contributed by atoms with Gasteiger partial charge >= 0.3 is 0 Å². The Hall–Kier alpha value is -2.06. The van der Waals surface area contributed by atoms with Crippen molar-refractivity contribution in [2.75, 3.05) is 6.54 Å². The molecule has 0 aromatic heterocycles. The van der Waals surface area contributed by atoms with Crippen molar-refractivity contribution < 1.29 is 18.1 Å². The molecule has 1 aromatic carbocycles. The number of rotatable bonds is 3. The summed E-state index contributed by atoms with van der Waals surface area (Å²) in [7, 11) is -3.75. The van der Waals surface area contributed by atoms with Crippen molar-refractivity contribution in [1.29, 1.82) is 0 Å². The van der Waals surface area contributed by atoms with Crippen LogP contribution in [0.1, 0.15) is 25.7 Å². The Kier molecular flexibility index (Phi) is 3.77. The Morgan fingerprint density at radius 2 is 1.88 bits per heavy atom. The molecule has 3 atom stereocenters. The highest BCUT2D eigenvalue weighted by atomic mass is 32.2. The van der Waals surface area contributed by atoms with Crippen LogP contribution in [-0.2, 0) is 14.8 Å². The van der Waals surface area contributed by atoms with E-state index < -0.39 is 14.9 Å². The molecule has 2 aliphatic carbocycles. The van der Waals surface area contributed by atoms with Crippen molar-refractivity contribution in [3.05, 3.63) is 46.0 Å². The predicted octanol–water partition coefficient (Wildman–Crippen LogP) is 2.28. The second kappa shape index (κ2) is 5.74. The molecular formula is C17H18N2O5S. The Bertz CT molecular complexity index is 875. The fourth-order valence-corrected chi connectivity index (χ4v) is 6.15. The Morgan fingerprint density at radius 1 is 1.16 bits per heavy atom. The fourth-order valence-electron chi connectivity index (χ4n) is 4.48. The standard InChI is InChI=1S/C17H18N2O5S/c20-16-9-8-15-17-11(2-1-3-14(16)17)10-18(15)25(23,24)13-6-4-12(5-7-13)19(21)22/h2,4-7,14-15,17H,1,3,8-10H2/t14-,15+,17-/m1/s1. The van der Waals surface area contributed by atoms with Gasteiger partial charge in [-0.25, -0.2) is 8.42 Å². The molecule has 0 spiro atoms. The van der Waals surface area contributed by atoms with Gasteiger partial charge in [-0.1, -0.05) is 11.6 Å². The number of non-ortho nitro benzene ring substituents is 1. The number of hydrogen-bond donors (Lipinski definition) is 0. The lowest BCUT2D eigenvalue weighted by Crippen LogP contribution is -2.44. The highest BCUT2D eigenvalue weighted by Crippen LogP contribution is 2.47. The number of carbonyl (C=O) groups excluding carboxylic acids is 1. The van der Waals surface area contributed by atoms with E-state index in [4.69, 9.17) is 0 Å². The third-order valence-electron chi connectivity index (χ3n) is 5.62. The number of carbonyl (C=O) groups is 1. The molecule has 1 heterocycles. The average molecular weight is 362 g/mol. The predicted molar refractivity (Wildman–Crippen MR) is 89.3 cm³/mol. The van der Waals surface area contributed by atoms with Crippen molar-refractivity contribution in [2.45, 2.75) is 36.6 Å². The summed E-state index contributed by atoms with van der Waals surface area (Å²) in [6.45, 7) is 0.318. The van der Waals surface area contributed by atoms with Crippen LogP contribution < -0.4 is 0 Å². The molecular weight excluding hydrogens is 344 g/mol. The molecule has 0 bridgehead atoms. The van der Waals surface area contributed by atoms with Gasteiger partial charge < -0.3 is 0 Å². The second-order valence-corrected chi connectivity index (χ2v) is 8.75. The van der Waals surface area contributed by atoms with Crippen LogP contribution in [0.4, 0.5) is 5.69 Å². The number of nitro benzene ring substituents is 1. The van der Waals surface area contributed by atoms with Gasteiger partial charge in [0.15, 0.2) is 0 Å². The highest BCUT2D eigenvalue weighted by molar-refractivity contribution is 7.89. The minimum Gasteiger partial charge on any atom is -0.299 e. The van der Waals surface area contributed by atoms with Crippen molar-refractivity contribution in [3.63, 3.8) is 0 Å². The number of nitro groups is 1. The van der Waals surface area contributed by atoms with Gasteiger partial charge in [0.1, 0.15) is 5.78 Å². The number of ketones is 1. The number of hydrogen-bond acceptors (Lipinski definition) is 5. The summed E-state index contributed by atoms with van der Waals surface area (Å²) >= 11 is 0. The first-order valence-corrected chi connectivity index (χ1v) is 9.81. The summed E-state index contributed by atoms with van der Waals surface area (Å²) in [6.07, 6.45) is 4.67. The molecule has 0 unspecified atom stereocenters. The number of benzene rings is 1. The lowest BCUT2D eigenvalue weighted by Gasteiger charge is -2.37. The topological polar surface area (TPSA) is 97.6 Å². The van der Waals surface area contributed by atoms with Crippen LogP contribution in [0.3, 0.4) is 0 Å². The first-order chi connectivity index (χ1) is 11.9. The first-order valence-electron chi connectivity index (χ1n) is 8.37. The van der Waals surface area contributed by atoms with Crippen LogP contribution in [0, 0.1) is 22.0 Å². The summed E-state index contributed by atoms with van der Waals surface area (Å²) in [4.78, 5) is 22.5. The Labute approximate surface area is 145 Å². The third-order valence-corrected chi connectivity index (χ3v) is 7.51. The zero-order valence-corrected chi connectivity index (χ0v) is 14.3. The van der Waals surface area contributed by atoms with Gasteiger partial charge in [0.05, 0.1) is 9.82 Å². The fraction of sp³-hybridized carbons (Fsp3) is 0.471. The summed E-state index contributed by atoms with van der Waals surface area (Å²) in [5.41, 5.74) is 0.917. The van der Waals surface area contributed by atoms with Crippen molar-refractivity contribution in [3.8, 4) is 0 Å². The molecule has 3 aliphatic rings. The maximum Gasteiger partial charge on any atom is 0.269 e. The zero-order chi connectivity index (χ0) is 17.8. The number of allylic oxidation sites excluding steroid dienone is 1. The van der Waals surface area contributed by atoms with Gasteiger partial charge in [0, 0.05) is 43.0 Å². The molecule has 1 aliphatic heterocycles. The lowest BCUT2D eigenvalue weighted by atomic mass is 9.69. The monoisotopic (exact) mass is 362 g/mol. The van der Waals surface area contributed by atoms with Crippen molar-refractivity contribution >= 4 is 21.5 Å². The van der Waals surface area contributed by atoms with E-state index in [0.717, 1.165) is 18.4 Å². The molecule has 2 fully saturated rings. The molecule has 0 amide bonds. The van der Waals surface area contributed by atoms with E-state index in [9.17, 15) is 23.3 Å². The normalized spacial score (nSPS) is 29.2. The molecule has 132 valence electrons. The van der Waals surface area contributed by atoms with Crippen LogP contribution in [0.2, 0.25) is 0 Å². The van der Waals surface area contributed by atoms with E-state index >= 15 is 0 Å². The van der Waals surface area contributed by atoms with Crippen molar-refractivity contribution in [1.82, 2.24) is 4.31 Å². The summed E-state index contributed by atoms with van der Waals surface area (Å²) in [5, 5.41) is 10.8. The average Bonchev–Trinajstić information content (AvgIpc) is 2.99. The molecule has 4 rings (SSSR count). The van der Waals surface area contributed by atoms with E-state index in [1.165, 1.54) is 28.6 Å². The molecule has 1 saturated carbocycles. The maximum atomic E-state index is 13.1. The van der Waals surface area contributed by atoms with Gasteiger partial charge in [-0.15, -0.1) is 0 Å². The van der Waals surface area contributed by atoms with E-state index in [2.05, 4.69) is 6.08 Å². The number of sulfonamides is 1. The summed E-state index contributed by atoms with van der Waals surface area (Å²) in [6, 6.07) is 4.81. The van der Waals surface area contributed by atoms with Gasteiger partial charge in [0.2, 0.25) is 10.0 Å². The largest absolute Gasteiger partial charge is 0.299 e. The van der Waals surface area contributed by atoms with Gasteiger partial charge in [-0.3, -0.25) is 14.9 Å². The molecule has 1 saturated heterocycles. The maximum absolute atomic E-state index is 13.1. The molecule has 7 nitrogen and oxygen atoms in total. The van der Waals surface area contributed by atoms with E-state index in [1.807, 2.05) is 0 Å². The lowest BCUT2D eigenvalue weighted by molar-refractivity contribution is -0.384. The van der Waals surface area contributed by atoms with Crippen LogP contribution in [0.25, 0.3) is 0 Å². The minimum absolute atomic E-state index is 0.00261. The van der Waals surface area contributed by atoms with E-state index in [1.54, 1.807) is 0 Å². The van der Waals surface area contributed by atoms with Crippen molar-refractivity contribution in [2.24, 2.45) is 11.8 Å². The van der Waals surface area contributed by atoms with Gasteiger partial charge in [0.25, 0.3) is 5.69 Å². The summed E-state index contributed by atoms with van der Waals surface area (Å²) < 4.78 is 27.7. The summed E-state index contributed by atoms with van der Waals surface area (Å²) in [5.74, 6) is 0.195. The van der Waals surface area contributed by atoms with E-state index in [-0.39, 0.29) is 34.2 Å². The van der Waals surface area contributed by atoms with Gasteiger partial charge in [-0.2, -0.15) is 4.31 Å². The van der Waals surface area contributed by atoms with Crippen LogP contribution in [-0.4, -0.2) is 36.0 Å². The SMILES string of the molecule is O=C1CC[C@H]2[C@@H]3C(=CCC[C@H]13)CN2S(=O)(=O)c1ccc([N+](=O)[O-])cc1. The Balaban J connectivity index is 1.69. The van der Waals surface area contributed by atoms with Crippen LogP contribution >= 0.6 is 0 Å². The number of nitrogens with zero attached hydrogens (tertiary/aromatic N) is 2. The van der Waals surface area contributed by atoms with Crippen LogP contribution in [0.5, 0.6) is 0 Å². The minimum atomic E-state index is -3.75. The second-order valence-electron chi connectivity index (χ2n) is 6.86. The molecule has 25 heavy (non-hydrogen) atoms. The molecule has 1 aromatic rings. The van der Waals surface area contributed by atoms with Crippen LogP contribution in [0.15, 0.2) is 40.8 Å². The smallest absolute Gasteiger partial charge is 0.269 e. The van der Waals surface area contributed by atoms with Gasteiger partial charge in [-0.05, 0) is 31.4 Å². The molecule has 0 radical (unpaired) electrons. The quantitative estimate of drug-likeness (QED) is 0.467. The van der Waals surface area contributed by atoms with E-state index in [0.29, 0.717) is 19.4 Å². The molecule has 8 heteroatoms. The Morgan fingerprint density at radius 3 is 2.56 bits per heavy atom. The first kappa shape index (κ1) is 16.4. The zero-order valence-electron chi connectivity index (χ0n) is 13.5. The highest BCUT2D eigenvalue weighted by Gasteiger charge is 2.51. The number of Topliss-reactive ketones (excluding diaryl/α,β-unsaturated/α-hetero) is 1. The third kappa shape index (κ3) is 2.51. The molecule has 0 N–H and O–H groups in total.